The van der Waals surface area contributed by atoms with Crippen LogP contribution >= 0.6 is 11.6 Å². The van der Waals surface area contributed by atoms with E-state index in [9.17, 15) is 4.79 Å². The highest BCUT2D eigenvalue weighted by atomic mass is 35.5. The summed E-state index contributed by atoms with van der Waals surface area (Å²) in [5.41, 5.74) is 1.01. The summed E-state index contributed by atoms with van der Waals surface area (Å²) in [4.78, 5) is 15.7. The Labute approximate surface area is 103 Å². The van der Waals surface area contributed by atoms with Crippen molar-refractivity contribution in [1.29, 1.82) is 0 Å². The van der Waals surface area contributed by atoms with Crippen LogP contribution in [0.2, 0.25) is 5.02 Å². The van der Waals surface area contributed by atoms with E-state index in [0.717, 1.165) is 5.69 Å². The minimum atomic E-state index is -0.304. The Morgan fingerprint density at radius 1 is 1.53 bits per heavy atom. The third kappa shape index (κ3) is 2.82. The van der Waals surface area contributed by atoms with Crippen molar-refractivity contribution in [3.05, 3.63) is 47.0 Å². The molecule has 88 valence electrons. The van der Waals surface area contributed by atoms with Gasteiger partial charge in [-0.15, -0.1) is 0 Å². The number of amides is 1. The minimum absolute atomic E-state index is 0.227. The van der Waals surface area contributed by atoms with Gasteiger partial charge in [-0.05, 0) is 18.2 Å². The molecule has 5 nitrogen and oxygen atoms in total. The zero-order valence-electron chi connectivity index (χ0n) is 9.22. The monoisotopic (exact) mass is 250 g/mol. The van der Waals surface area contributed by atoms with E-state index in [1.807, 2.05) is 19.3 Å². The molecule has 1 N–H and O–H groups in total. The quantitative estimate of drug-likeness (QED) is 0.896. The molecule has 0 unspecified atom stereocenters. The van der Waals surface area contributed by atoms with Gasteiger partial charge in [-0.25, -0.2) is 4.98 Å². The van der Waals surface area contributed by atoms with Gasteiger partial charge in [-0.3, -0.25) is 9.48 Å². The van der Waals surface area contributed by atoms with Crippen molar-refractivity contribution in [2.24, 2.45) is 7.05 Å². The predicted molar refractivity (Wildman–Crippen MR) is 63.6 cm³/mol. The molecule has 2 aromatic rings. The molecule has 0 fully saturated rings. The Morgan fingerprint density at radius 2 is 2.35 bits per heavy atom. The van der Waals surface area contributed by atoms with Crippen LogP contribution < -0.4 is 5.32 Å². The molecule has 0 spiro atoms. The van der Waals surface area contributed by atoms with E-state index in [0.29, 0.717) is 11.6 Å². The Hall–Kier alpha value is -1.88. The highest BCUT2D eigenvalue weighted by molar-refractivity contribution is 6.33. The molecule has 0 aliphatic heterocycles. The number of pyridine rings is 1. The standard InChI is InChI=1S/C11H11ClN4O/c1-16-6-4-8(15-16)7-14-11(17)10-9(12)3-2-5-13-10/h2-6H,7H2,1H3,(H,14,17). The van der Waals surface area contributed by atoms with Crippen molar-refractivity contribution in [3.63, 3.8) is 0 Å². The molecule has 0 aliphatic rings. The number of aryl methyl sites for hydroxylation is 1. The average Bonchev–Trinajstić information content (AvgIpc) is 2.73. The van der Waals surface area contributed by atoms with Crippen molar-refractivity contribution < 1.29 is 4.79 Å². The van der Waals surface area contributed by atoms with E-state index in [1.165, 1.54) is 6.20 Å². The number of carbonyl (C=O) groups excluding carboxylic acids is 1. The van der Waals surface area contributed by atoms with E-state index in [2.05, 4.69) is 15.4 Å². The first-order valence-corrected chi connectivity index (χ1v) is 5.42. The Kier molecular flexibility index (Phi) is 3.39. The minimum Gasteiger partial charge on any atom is -0.345 e. The molecule has 0 aliphatic carbocycles. The van der Waals surface area contributed by atoms with Gasteiger partial charge in [-0.2, -0.15) is 5.10 Å². The van der Waals surface area contributed by atoms with E-state index >= 15 is 0 Å². The van der Waals surface area contributed by atoms with Crippen LogP contribution in [0.1, 0.15) is 16.2 Å². The summed E-state index contributed by atoms with van der Waals surface area (Å²) in [6.07, 6.45) is 3.34. The highest BCUT2D eigenvalue weighted by Gasteiger charge is 2.11. The first-order valence-electron chi connectivity index (χ1n) is 5.04. The number of hydrogen-bond acceptors (Lipinski definition) is 3. The van der Waals surface area contributed by atoms with E-state index in [4.69, 9.17) is 11.6 Å². The van der Waals surface area contributed by atoms with Gasteiger partial charge in [0, 0.05) is 19.4 Å². The summed E-state index contributed by atoms with van der Waals surface area (Å²) in [5.74, 6) is -0.304. The first kappa shape index (κ1) is 11.6. The molecule has 2 heterocycles. The molecule has 0 atom stereocenters. The summed E-state index contributed by atoms with van der Waals surface area (Å²) < 4.78 is 1.68. The van der Waals surface area contributed by atoms with Crippen LogP contribution in [-0.4, -0.2) is 20.7 Å². The average molecular weight is 251 g/mol. The van der Waals surface area contributed by atoms with Crippen LogP contribution in [0.25, 0.3) is 0 Å². The molecule has 0 saturated carbocycles. The molecule has 0 radical (unpaired) electrons. The van der Waals surface area contributed by atoms with E-state index in [-0.39, 0.29) is 11.6 Å². The lowest BCUT2D eigenvalue weighted by Gasteiger charge is -2.03. The molecule has 0 saturated heterocycles. The summed E-state index contributed by atoms with van der Waals surface area (Å²) in [5, 5.41) is 7.19. The molecule has 2 aromatic heterocycles. The summed E-state index contributed by atoms with van der Waals surface area (Å²) >= 11 is 5.86. The van der Waals surface area contributed by atoms with Crippen LogP contribution in [0.4, 0.5) is 0 Å². The maximum atomic E-state index is 11.8. The van der Waals surface area contributed by atoms with Crippen LogP contribution in [0.3, 0.4) is 0 Å². The summed E-state index contributed by atoms with van der Waals surface area (Å²) in [6.45, 7) is 0.354. The Bertz CT molecular complexity index is 538. The van der Waals surface area contributed by atoms with Crippen LogP contribution in [0.5, 0.6) is 0 Å². The third-order valence-corrected chi connectivity index (χ3v) is 2.48. The number of hydrogen-bond donors (Lipinski definition) is 1. The molecule has 0 bridgehead atoms. The zero-order valence-corrected chi connectivity index (χ0v) is 9.98. The lowest BCUT2D eigenvalue weighted by atomic mass is 10.3. The van der Waals surface area contributed by atoms with Gasteiger partial charge in [0.25, 0.3) is 5.91 Å². The largest absolute Gasteiger partial charge is 0.345 e. The van der Waals surface area contributed by atoms with Gasteiger partial charge in [0.2, 0.25) is 0 Å². The van der Waals surface area contributed by atoms with Crippen LogP contribution in [-0.2, 0) is 13.6 Å². The molecule has 0 aromatic carbocycles. The molecule has 1 amide bonds. The lowest BCUT2D eigenvalue weighted by Crippen LogP contribution is -2.24. The number of nitrogens with zero attached hydrogens (tertiary/aromatic N) is 3. The first-order chi connectivity index (χ1) is 8.16. The molecule has 17 heavy (non-hydrogen) atoms. The van der Waals surface area contributed by atoms with Gasteiger partial charge >= 0.3 is 0 Å². The normalized spacial score (nSPS) is 10.2. The predicted octanol–water partition coefficient (Wildman–Crippen LogP) is 1.40. The van der Waals surface area contributed by atoms with Gasteiger partial charge in [0.1, 0.15) is 5.69 Å². The Balaban J connectivity index is 2.01. The summed E-state index contributed by atoms with van der Waals surface area (Å²) in [6, 6.07) is 5.14. The topological polar surface area (TPSA) is 59.8 Å². The van der Waals surface area contributed by atoms with Crippen molar-refractivity contribution in [2.45, 2.75) is 6.54 Å². The van der Waals surface area contributed by atoms with Crippen LogP contribution in [0.15, 0.2) is 30.6 Å². The second-order valence-corrected chi connectivity index (χ2v) is 3.90. The number of aromatic nitrogens is 3. The highest BCUT2D eigenvalue weighted by Crippen LogP contribution is 2.11. The second-order valence-electron chi connectivity index (χ2n) is 3.50. The fourth-order valence-electron chi connectivity index (χ4n) is 1.36. The smallest absolute Gasteiger partial charge is 0.271 e. The van der Waals surface area contributed by atoms with Crippen molar-refractivity contribution in [3.8, 4) is 0 Å². The number of rotatable bonds is 3. The van der Waals surface area contributed by atoms with Gasteiger partial charge in [0.15, 0.2) is 0 Å². The second kappa shape index (κ2) is 4.97. The Morgan fingerprint density at radius 3 is 3.00 bits per heavy atom. The van der Waals surface area contributed by atoms with Gasteiger partial charge in [0.05, 0.1) is 17.3 Å². The van der Waals surface area contributed by atoms with Gasteiger partial charge < -0.3 is 5.32 Å². The maximum Gasteiger partial charge on any atom is 0.271 e. The number of nitrogens with one attached hydrogen (secondary N) is 1. The molecule has 2 rings (SSSR count). The SMILES string of the molecule is Cn1ccc(CNC(=O)c2ncccc2Cl)n1. The fourth-order valence-corrected chi connectivity index (χ4v) is 1.57. The molecular formula is C11H11ClN4O. The number of carbonyl (C=O) groups is 1. The van der Waals surface area contributed by atoms with Crippen molar-refractivity contribution in [2.75, 3.05) is 0 Å². The number of halogens is 1. The van der Waals surface area contributed by atoms with E-state index < -0.39 is 0 Å². The summed E-state index contributed by atoms with van der Waals surface area (Å²) in [7, 11) is 1.82. The lowest BCUT2D eigenvalue weighted by molar-refractivity contribution is 0.0945. The van der Waals surface area contributed by atoms with Crippen molar-refractivity contribution in [1.82, 2.24) is 20.1 Å². The maximum absolute atomic E-state index is 11.8. The zero-order chi connectivity index (χ0) is 12.3. The van der Waals surface area contributed by atoms with Crippen molar-refractivity contribution >= 4 is 17.5 Å². The molecular weight excluding hydrogens is 240 g/mol. The van der Waals surface area contributed by atoms with Gasteiger partial charge in [-0.1, -0.05) is 11.6 Å². The van der Waals surface area contributed by atoms with E-state index in [1.54, 1.807) is 16.8 Å². The van der Waals surface area contributed by atoms with Crippen LogP contribution in [0, 0.1) is 0 Å². The fraction of sp³-hybridized carbons (Fsp3) is 0.182. The molecule has 6 heteroatoms. The third-order valence-electron chi connectivity index (χ3n) is 2.17.